The molecule has 1 N–H and O–H groups in total. The van der Waals surface area contributed by atoms with Gasteiger partial charge in [-0.25, -0.2) is 0 Å². The summed E-state index contributed by atoms with van der Waals surface area (Å²) < 4.78 is 0. The number of carbonyl (C=O) groups is 1. The Hall–Kier alpha value is -1.13. The molecular formula is C12H13NOS2. The highest BCUT2D eigenvalue weighted by Crippen LogP contribution is 2.17. The summed E-state index contributed by atoms with van der Waals surface area (Å²) in [5, 5.41) is 6.93. The van der Waals surface area contributed by atoms with Crippen molar-refractivity contribution in [3.05, 3.63) is 44.3 Å². The molecule has 0 fully saturated rings. The molecule has 2 rings (SSSR count). The van der Waals surface area contributed by atoms with Gasteiger partial charge in [-0.3, -0.25) is 4.79 Å². The second-order valence-electron chi connectivity index (χ2n) is 3.38. The van der Waals surface area contributed by atoms with Crippen LogP contribution in [0.5, 0.6) is 0 Å². The summed E-state index contributed by atoms with van der Waals surface area (Å²) >= 11 is 3.17. The average Bonchev–Trinajstić information content (AvgIpc) is 2.96. The number of hydrogen-bond donors (Lipinski definition) is 1. The van der Waals surface area contributed by atoms with E-state index in [1.54, 1.807) is 11.3 Å². The number of rotatable bonds is 4. The topological polar surface area (TPSA) is 29.1 Å². The first kappa shape index (κ1) is 11.4. The van der Waals surface area contributed by atoms with Gasteiger partial charge in [0, 0.05) is 4.88 Å². The first-order valence-electron chi connectivity index (χ1n) is 5.18. The number of aryl methyl sites for hydroxylation is 1. The molecule has 0 aliphatic heterocycles. The highest BCUT2D eigenvalue weighted by molar-refractivity contribution is 7.12. The van der Waals surface area contributed by atoms with Gasteiger partial charge in [0.15, 0.2) is 0 Å². The molecule has 0 bridgehead atoms. The van der Waals surface area contributed by atoms with Crippen LogP contribution in [0, 0.1) is 0 Å². The van der Waals surface area contributed by atoms with E-state index in [9.17, 15) is 4.79 Å². The van der Waals surface area contributed by atoms with Crippen LogP contribution in [0.15, 0.2) is 29.0 Å². The van der Waals surface area contributed by atoms with Crippen LogP contribution in [0.4, 0.5) is 0 Å². The minimum absolute atomic E-state index is 0.0189. The van der Waals surface area contributed by atoms with Crippen LogP contribution in [0.2, 0.25) is 0 Å². The predicted molar refractivity (Wildman–Crippen MR) is 69.2 cm³/mol. The van der Waals surface area contributed by atoms with E-state index in [2.05, 4.69) is 23.7 Å². The van der Waals surface area contributed by atoms with Crippen molar-refractivity contribution in [2.75, 3.05) is 0 Å². The highest BCUT2D eigenvalue weighted by Gasteiger charge is 2.07. The second kappa shape index (κ2) is 5.27. The predicted octanol–water partition coefficient (Wildman–Crippen LogP) is 3.30. The molecule has 0 unspecified atom stereocenters. The molecule has 0 saturated carbocycles. The lowest BCUT2D eigenvalue weighted by molar-refractivity contribution is 0.0955. The van der Waals surface area contributed by atoms with Crippen molar-refractivity contribution in [2.24, 2.45) is 0 Å². The van der Waals surface area contributed by atoms with Crippen molar-refractivity contribution in [3.8, 4) is 0 Å². The fraction of sp³-hybridized carbons (Fsp3) is 0.250. The molecule has 0 saturated heterocycles. The van der Waals surface area contributed by atoms with Crippen LogP contribution in [0.25, 0.3) is 0 Å². The van der Waals surface area contributed by atoms with E-state index < -0.39 is 0 Å². The molecule has 0 spiro atoms. The monoisotopic (exact) mass is 251 g/mol. The maximum absolute atomic E-state index is 11.7. The zero-order valence-corrected chi connectivity index (χ0v) is 10.7. The number of thiophene rings is 2. The Morgan fingerprint density at radius 2 is 2.19 bits per heavy atom. The smallest absolute Gasteiger partial charge is 0.261 e. The van der Waals surface area contributed by atoms with Gasteiger partial charge >= 0.3 is 0 Å². The van der Waals surface area contributed by atoms with Gasteiger partial charge in [0.05, 0.1) is 11.4 Å². The number of nitrogens with one attached hydrogen (secondary N) is 1. The molecule has 2 heterocycles. The summed E-state index contributed by atoms with van der Waals surface area (Å²) in [5.74, 6) is 0.0189. The van der Waals surface area contributed by atoms with Crippen LogP contribution in [-0.4, -0.2) is 5.91 Å². The number of carbonyl (C=O) groups excluding carboxylic acids is 1. The van der Waals surface area contributed by atoms with Crippen LogP contribution in [0.1, 0.15) is 27.0 Å². The Bertz CT molecular complexity index is 459. The molecule has 0 aliphatic rings. The second-order valence-corrected chi connectivity index (χ2v) is 5.33. The van der Waals surface area contributed by atoms with Gasteiger partial charge in [-0.2, -0.15) is 0 Å². The third kappa shape index (κ3) is 2.51. The summed E-state index contributed by atoms with van der Waals surface area (Å²) in [6, 6.07) is 5.86. The van der Waals surface area contributed by atoms with Gasteiger partial charge < -0.3 is 5.32 Å². The SMILES string of the molecule is CCc1ccsc1CNC(=O)c1cccs1. The quantitative estimate of drug-likeness (QED) is 0.887. The van der Waals surface area contributed by atoms with Gasteiger partial charge in [-0.15, -0.1) is 22.7 Å². The van der Waals surface area contributed by atoms with Crippen LogP contribution >= 0.6 is 22.7 Å². The van der Waals surface area contributed by atoms with Crippen LogP contribution in [0.3, 0.4) is 0 Å². The highest BCUT2D eigenvalue weighted by atomic mass is 32.1. The lowest BCUT2D eigenvalue weighted by Gasteiger charge is -2.03. The van der Waals surface area contributed by atoms with Crippen molar-refractivity contribution in [1.29, 1.82) is 0 Å². The summed E-state index contributed by atoms with van der Waals surface area (Å²) in [5.41, 5.74) is 1.33. The van der Waals surface area contributed by atoms with Crippen molar-refractivity contribution >= 4 is 28.6 Å². The summed E-state index contributed by atoms with van der Waals surface area (Å²) in [4.78, 5) is 13.7. The van der Waals surface area contributed by atoms with E-state index in [0.29, 0.717) is 6.54 Å². The zero-order chi connectivity index (χ0) is 11.4. The minimum Gasteiger partial charge on any atom is -0.346 e. The van der Waals surface area contributed by atoms with Crippen molar-refractivity contribution < 1.29 is 4.79 Å². The Morgan fingerprint density at radius 1 is 1.31 bits per heavy atom. The molecule has 1 amide bonds. The van der Waals surface area contributed by atoms with Gasteiger partial charge in [0.25, 0.3) is 5.91 Å². The van der Waals surface area contributed by atoms with Gasteiger partial charge in [0.2, 0.25) is 0 Å². The van der Waals surface area contributed by atoms with Crippen LogP contribution < -0.4 is 5.32 Å². The Kier molecular flexibility index (Phi) is 3.74. The third-order valence-corrected chi connectivity index (χ3v) is 4.20. The fourth-order valence-electron chi connectivity index (χ4n) is 1.49. The van der Waals surface area contributed by atoms with Gasteiger partial charge in [-0.05, 0) is 34.9 Å². The molecule has 2 aromatic rings. The van der Waals surface area contributed by atoms with E-state index in [-0.39, 0.29) is 5.91 Å². The standard InChI is InChI=1S/C12H13NOS2/c1-2-9-5-7-16-11(9)8-13-12(14)10-4-3-6-15-10/h3-7H,2,8H2,1H3,(H,13,14). The van der Waals surface area contributed by atoms with Crippen molar-refractivity contribution in [2.45, 2.75) is 19.9 Å². The summed E-state index contributed by atoms with van der Waals surface area (Å²) in [7, 11) is 0. The van der Waals surface area contributed by atoms with E-state index in [0.717, 1.165) is 11.3 Å². The Balaban J connectivity index is 1.95. The maximum Gasteiger partial charge on any atom is 0.261 e. The van der Waals surface area contributed by atoms with Gasteiger partial charge in [0.1, 0.15) is 0 Å². The molecule has 2 aromatic heterocycles. The van der Waals surface area contributed by atoms with E-state index >= 15 is 0 Å². The Morgan fingerprint density at radius 3 is 2.88 bits per heavy atom. The molecule has 0 radical (unpaired) electrons. The fourth-order valence-corrected chi connectivity index (χ4v) is 3.05. The minimum atomic E-state index is 0.0189. The normalized spacial score (nSPS) is 10.3. The zero-order valence-electron chi connectivity index (χ0n) is 9.03. The maximum atomic E-state index is 11.7. The summed E-state index contributed by atoms with van der Waals surface area (Å²) in [6.07, 6.45) is 1.02. The lowest BCUT2D eigenvalue weighted by atomic mass is 10.2. The van der Waals surface area contributed by atoms with Crippen molar-refractivity contribution in [1.82, 2.24) is 5.32 Å². The lowest BCUT2D eigenvalue weighted by Crippen LogP contribution is -2.21. The van der Waals surface area contributed by atoms with Crippen LogP contribution in [-0.2, 0) is 13.0 Å². The Labute approximate surface area is 103 Å². The van der Waals surface area contributed by atoms with E-state index in [4.69, 9.17) is 0 Å². The average molecular weight is 251 g/mol. The van der Waals surface area contributed by atoms with E-state index in [1.165, 1.54) is 21.8 Å². The van der Waals surface area contributed by atoms with E-state index in [1.807, 2.05) is 17.5 Å². The van der Waals surface area contributed by atoms with Gasteiger partial charge in [-0.1, -0.05) is 13.0 Å². The molecule has 0 atom stereocenters. The van der Waals surface area contributed by atoms with Crippen molar-refractivity contribution in [3.63, 3.8) is 0 Å². The first-order valence-corrected chi connectivity index (χ1v) is 6.94. The molecule has 0 aromatic carbocycles. The third-order valence-electron chi connectivity index (χ3n) is 2.37. The number of hydrogen-bond acceptors (Lipinski definition) is 3. The molecule has 4 heteroatoms. The molecule has 0 aliphatic carbocycles. The molecule has 2 nitrogen and oxygen atoms in total. The molecular weight excluding hydrogens is 238 g/mol. The molecule has 84 valence electrons. The largest absolute Gasteiger partial charge is 0.346 e. The molecule has 16 heavy (non-hydrogen) atoms. The number of amides is 1. The summed E-state index contributed by atoms with van der Waals surface area (Å²) in [6.45, 7) is 2.77. The first-order chi connectivity index (χ1) is 7.81.